The van der Waals surface area contributed by atoms with Crippen LogP contribution >= 0.6 is 0 Å². The second-order valence-corrected chi connectivity index (χ2v) is 6.27. The lowest BCUT2D eigenvalue weighted by molar-refractivity contribution is -0.149. The summed E-state index contributed by atoms with van der Waals surface area (Å²) in [6.07, 6.45) is 4.70. The van der Waals surface area contributed by atoms with Crippen LogP contribution in [0.1, 0.15) is 37.9 Å². The smallest absolute Gasteiger partial charge is 0.254 e. The molecule has 118 valence electrons. The summed E-state index contributed by atoms with van der Waals surface area (Å²) in [5.74, 6) is 0.816. The van der Waals surface area contributed by atoms with Gasteiger partial charge in [0.25, 0.3) is 5.91 Å². The molecule has 1 heterocycles. The number of hydrogen-bond donors (Lipinski definition) is 2. The molecule has 0 unspecified atom stereocenters. The van der Waals surface area contributed by atoms with Crippen molar-refractivity contribution < 1.29 is 9.90 Å². The molecule has 1 fully saturated rings. The molecule has 2 aromatic rings. The number of aromatic amines is 1. The van der Waals surface area contributed by atoms with Gasteiger partial charge in [-0.05, 0) is 44.2 Å². The number of H-pyrrole nitrogens is 1. The van der Waals surface area contributed by atoms with Crippen molar-refractivity contribution in [2.45, 2.75) is 44.1 Å². The van der Waals surface area contributed by atoms with E-state index < -0.39 is 5.60 Å². The number of aliphatic hydroxyl groups is 1. The van der Waals surface area contributed by atoms with Crippen LogP contribution in [0.3, 0.4) is 0 Å². The molecular weight excluding hydrogens is 278 g/mol. The third-order valence-electron chi connectivity index (χ3n) is 4.52. The summed E-state index contributed by atoms with van der Waals surface area (Å²) in [5.41, 5.74) is 0.901. The SMILES string of the molecule is CN(CCCc1nc2ccccc2[nH]1)C(=O)C1(O)CCCC1. The number of para-hydroxylation sites is 2. The molecule has 0 spiro atoms. The van der Waals surface area contributed by atoms with Gasteiger partial charge in [-0.15, -0.1) is 0 Å². The van der Waals surface area contributed by atoms with Crippen molar-refractivity contribution in [3.63, 3.8) is 0 Å². The third kappa shape index (κ3) is 2.99. The van der Waals surface area contributed by atoms with Gasteiger partial charge in [-0.25, -0.2) is 4.98 Å². The van der Waals surface area contributed by atoms with E-state index in [-0.39, 0.29) is 5.91 Å². The van der Waals surface area contributed by atoms with Crippen molar-refractivity contribution in [1.29, 1.82) is 0 Å². The summed E-state index contributed by atoms with van der Waals surface area (Å²) >= 11 is 0. The molecular formula is C17H23N3O2. The van der Waals surface area contributed by atoms with E-state index in [4.69, 9.17) is 0 Å². The molecule has 1 aromatic heterocycles. The van der Waals surface area contributed by atoms with E-state index in [1.54, 1.807) is 11.9 Å². The summed E-state index contributed by atoms with van der Waals surface area (Å²) in [6, 6.07) is 7.96. The van der Waals surface area contributed by atoms with E-state index in [9.17, 15) is 9.90 Å². The normalized spacial score (nSPS) is 17.0. The number of nitrogens with zero attached hydrogens (tertiary/aromatic N) is 2. The summed E-state index contributed by atoms with van der Waals surface area (Å²) in [5, 5.41) is 10.3. The molecule has 0 radical (unpaired) electrons. The highest BCUT2D eigenvalue weighted by Crippen LogP contribution is 2.30. The van der Waals surface area contributed by atoms with Crippen molar-refractivity contribution in [3.8, 4) is 0 Å². The van der Waals surface area contributed by atoms with Crippen molar-refractivity contribution in [2.24, 2.45) is 0 Å². The molecule has 1 amide bonds. The Morgan fingerprint density at radius 2 is 2.09 bits per heavy atom. The van der Waals surface area contributed by atoms with Crippen LogP contribution in [0, 0.1) is 0 Å². The number of rotatable bonds is 5. The van der Waals surface area contributed by atoms with E-state index >= 15 is 0 Å². The maximum atomic E-state index is 12.3. The van der Waals surface area contributed by atoms with Gasteiger partial charge >= 0.3 is 0 Å². The van der Waals surface area contributed by atoms with E-state index in [0.29, 0.717) is 19.4 Å². The molecule has 5 nitrogen and oxygen atoms in total. The van der Waals surface area contributed by atoms with Gasteiger partial charge in [-0.3, -0.25) is 4.79 Å². The highest BCUT2D eigenvalue weighted by molar-refractivity contribution is 5.85. The minimum atomic E-state index is -1.12. The van der Waals surface area contributed by atoms with E-state index in [2.05, 4.69) is 9.97 Å². The van der Waals surface area contributed by atoms with Crippen LogP contribution in [0.4, 0.5) is 0 Å². The maximum Gasteiger partial charge on any atom is 0.254 e. The molecule has 1 aliphatic carbocycles. The number of likely N-dealkylation sites (N-methyl/N-ethyl adjacent to an activating group) is 1. The zero-order chi connectivity index (χ0) is 15.6. The molecule has 1 aliphatic rings. The lowest BCUT2D eigenvalue weighted by Crippen LogP contribution is -2.46. The number of imidazole rings is 1. The average Bonchev–Trinajstić information content (AvgIpc) is 3.12. The Balaban J connectivity index is 1.53. The Labute approximate surface area is 130 Å². The predicted molar refractivity (Wildman–Crippen MR) is 85.5 cm³/mol. The average molecular weight is 301 g/mol. The van der Waals surface area contributed by atoms with Gasteiger partial charge < -0.3 is 15.0 Å². The van der Waals surface area contributed by atoms with E-state index in [1.807, 2.05) is 24.3 Å². The summed E-state index contributed by atoms with van der Waals surface area (Å²) < 4.78 is 0. The van der Waals surface area contributed by atoms with Gasteiger partial charge in [-0.2, -0.15) is 0 Å². The Kier molecular flexibility index (Phi) is 4.16. The summed E-state index contributed by atoms with van der Waals surface area (Å²) in [7, 11) is 1.78. The molecule has 5 heteroatoms. The Morgan fingerprint density at radius 1 is 1.36 bits per heavy atom. The maximum absolute atomic E-state index is 12.3. The number of aromatic nitrogens is 2. The summed E-state index contributed by atoms with van der Waals surface area (Å²) in [4.78, 5) is 21.8. The van der Waals surface area contributed by atoms with Crippen LogP contribution in [-0.4, -0.2) is 45.1 Å². The molecule has 2 N–H and O–H groups in total. The van der Waals surface area contributed by atoms with Gasteiger partial charge in [0.05, 0.1) is 11.0 Å². The molecule has 0 saturated heterocycles. The number of fused-ring (bicyclic) bond motifs is 1. The van der Waals surface area contributed by atoms with Gasteiger partial charge in [0, 0.05) is 20.0 Å². The van der Waals surface area contributed by atoms with Crippen LogP contribution in [-0.2, 0) is 11.2 Å². The number of nitrogens with one attached hydrogen (secondary N) is 1. The lowest BCUT2D eigenvalue weighted by atomic mass is 10.0. The Hall–Kier alpha value is -1.88. The van der Waals surface area contributed by atoms with Gasteiger partial charge in [-0.1, -0.05) is 12.1 Å². The molecule has 22 heavy (non-hydrogen) atoms. The van der Waals surface area contributed by atoms with Crippen LogP contribution in [0.25, 0.3) is 11.0 Å². The fraction of sp³-hybridized carbons (Fsp3) is 0.529. The zero-order valence-corrected chi connectivity index (χ0v) is 13.0. The van der Waals surface area contributed by atoms with Crippen molar-refractivity contribution >= 4 is 16.9 Å². The molecule has 1 saturated carbocycles. The Morgan fingerprint density at radius 3 is 2.82 bits per heavy atom. The van der Waals surface area contributed by atoms with E-state index in [1.165, 1.54) is 0 Å². The fourth-order valence-corrected chi connectivity index (χ4v) is 3.24. The van der Waals surface area contributed by atoms with Crippen LogP contribution in [0.2, 0.25) is 0 Å². The number of amides is 1. The quantitative estimate of drug-likeness (QED) is 0.890. The van der Waals surface area contributed by atoms with Crippen molar-refractivity contribution in [2.75, 3.05) is 13.6 Å². The highest BCUT2D eigenvalue weighted by atomic mass is 16.3. The molecule has 1 aromatic carbocycles. The second kappa shape index (κ2) is 6.08. The number of benzene rings is 1. The first-order valence-electron chi connectivity index (χ1n) is 8.00. The monoisotopic (exact) mass is 301 g/mol. The number of carbonyl (C=O) groups is 1. The van der Waals surface area contributed by atoms with Crippen LogP contribution in [0.5, 0.6) is 0 Å². The largest absolute Gasteiger partial charge is 0.380 e. The molecule has 3 rings (SSSR count). The number of aryl methyl sites for hydroxylation is 1. The van der Waals surface area contributed by atoms with Crippen LogP contribution < -0.4 is 0 Å². The fourth-order valence-electron chi connectivity index (χ4n) is 3.24. The van der Waals surface area contributed by atoms with Gasteiger partial charge in [0.2, 0.25) is 0 Å². The highest BCUT2D eigenvalue weighted by Gasteiger charge is 2.40. The third-order valence-corrected chi connectivity index (χ3v) is 4.52. The molecule has 0 atom stereocenters. The topological polar surface area (TPSA) is 69.2 Å². The molecule has 0 aliphatic heterocycles. The lowest BCUT2D eigenvalue weighted by Gasteiger charge is -2.27. The minimum Gasteiger partial charge on any atom is -0.380 e. The first-order chi connectivity index (χ1) is 10.6. The van der Waals surface area contributed by atoms with Gasteiger partial charge in [0.1, 0.15) is 11.4 Å². The van der Waals surface area contributed by atoms with Gasteiger partial charge in [0.15, 0.2) is 0 Å². The predicted octanol–water partition coefficient (Wildman–Crippen LogP) is 2.26. The Bertz CT molecular complexity index is 626. The van der Waals surface area contributed by atoms with Crippen LogP contribution in [0.15, 0.2) is 24.3 Å². The summed E-state index contributed by atoms with van der Waals surface area (Å²) in [6.45, 7) is 0.637. The number of hydrogen-bond acceptors (Lipinski definition) is 3. The first-order valence-corrected chi connectivity index (χ1v) is 8.00. The van der Waals surface area contributed by atoms with Crippen molar-refractivity contribution in [1.82, 2.24) is 14.9 Å². The minimum absolute atomic E-state index is 0.130. The molecule has 0 bridgehead atoms. The standard InChI is InChI=1S/C17H23N3O2/c1-20(16(21)17(22)10-4-5-11-17)12-6-9-15-18-13-7-2-3-8-14(13)19-15/h2-3,7-8,22H,4-6,9-12H2,1H3,(H,18,19). The van der Waals surface area contributed by atoms with Crippen molar-refractivity contribution in [3.05, 3.63) is 30.1 Å². The number of carbonyl (C=O) groups excluding carboxylic acids is 1. The van der Waals surface area contributed by atoms with E-state index in [0.717, 1.165) is 42.5 Å². The first kappa shape index (κ1) is 15.0. The zero-order valence-electron chi connectivity index (χ0n) is 13.0. The second-order valence-electron chi connectivity index (χ2n) is 6.27.